The maximum atomic E-state index is 5.78. The van der Waals surface area contributed by atoms with E-state index in [9.17, 15) is 0 Å². The summed E-state index contributed by atoms with van der Waals surface area (Å²) in [5.74, 6) is 0. The number of likely N-dealkylation sites (N-methyl/N-ethyl adjacent to an activating group) is 1. The van der Waals surface area contributed by atoms with Crippen molar-refractivity contribution in [1.29, 1.82) is 0 Å². The molecule has 1 atom stereocenters. The van der Waals surface area contributed by atoms with E-state index in [1.807, 2.05) is 0 Å². The molecule has 0 saturated carbocycles. The Labute approximate surface area is 75.3 Å². The fraction of sp³-hybridized carbons (Fsp3) is 1.00. The van der Waals surface area contributed by atoms with Crippen molar-refractivity contribution in [3.8, 4) is 0 Å². The van der Waals surface area contributed by atoms with Crippen LogP contribution in [0, 0.1) is 0 Å². The molecular formula is C9H21N3. The molecule has 0 bridgehead atoms. The molecule has 0 amide bonds. The van der Waals surface area contributed by atoms with Gasteiger partial charge in [-0.05, 0) is 33.0 Å². The number of nitrogens with one attached hydrogen (secondary N) is 1. The molecule has 0 aliphatic carbocycles. The summed E-state index contributed by atoms with van der Waals surface area (Å²) in [6.07, 6.45) is 2.38. The number of rotatable bonds is 4. The first kappa shape index (κ1) is 9.96. The van der Waals surface area contributed by atoms with Crippen LogP contribution in [-0.4, -0.2) is 43.7 Å². The van der Waals surface area contributed by atoms with Gasteiger partial charge in [0.15, 0.2) is 0 Å². The molecule has 0 aromatic rings. The van der Waals surface area contributed by atoms with Gasteiger partial charge in [-0.1, -0.05) is 6.92 Å². The quantitative estimate of drug-likeness (QED) is 0.626. The lowest BCUT2D eigenvalue weighted by Gasteiger charge is -2.28. The maximum Gasteiger partial charge on any atom is 0.0444 e. The first-order chi connectivity index (χ1) is 5.72. The average molecular weight is 171 g/mol. The third kappa shape index (κ3) is 2.19. The van der Waals surface area contributed by atoms with Crippen molar-refractivity contribution in [1.82, 2.24) is 10.2 Å². The fourth-order valence-corrected chi connectivity index (χ4v) is 1.85. The summed E-state index contributed by atoms with van der Waals surface area (Å²) in [6, 6.07) is 0. The number of hydrogen-bond acceptors (Lipinski definition) is 3. The molecule has 0 aromatic heterocycles. The molecule has 1 heterocycles. The summed E-state index contributed by atoms with van der Waals surface area (Å²) in [6.45, 7) is 6.32. The van der Waals surface area contributed by atoms with E-state index in [1.165, 1.54) is 19.4 Å². The van der Waals surface area contributed by atoms with E-state index in [0.29, 0.717) is 0 Å². The minimum atomic E-state index is 0.213. The van der Waals surface area contributed by atoms with E-state index >= 15 is 0 Å². The van der Waals surface area contributed by atoms with Gasteiger partial charge in [0.1, 0.15) is 0 Å². The number of hydrogen-bond donors (Lipinski definition) is 2. The molecule has 1 aliphatic heterocycles. The smallest absolute Gasteiger partial charge is 0.0444 e. The van der Waals surface area contributed by atoms with Crippen LogP contribution in [0.3, 0.4) is 0 Å². The minimum Gasteiger partial charge on any atom is -0.329 e. The molecular weight excluding hydrogens is 150 g/mol. The molecule has 1 rings (SSSR count). The van der Waals surface area contributed by atoms with Gasteiger partial charge >= 0.3 is 0 Å². The molecule has 12 heavy (non-hydrogen) atoms. The van der Waals surface area contributed by atoms with Gasteiger partial charge in [0, 0.05) is 18.6 Å². The van der Waals surface area contributed by atoms with Gasteiger partial charge < -0.3 is 16.0 Å². The topological polar surface area (TPSA) is 41.3 Å². The predicted octanol–water partition coefficient (Wildman–Crippen LogP) is 0.0190. The molecule has 0 spiro atoms. The zero-order valence-electron chi connectivity index (χ0n) is 8.27. The minimum absolute atomic E-state index is 0.213. The van der Waals surface area contributed by atoms with Gasteiger partial charge in [-0.2, -0.15) is 0 Å². The van der Waals surface area contributed by atoms with Crippen molar-refractivity contribution in [2.75, 3.05) is 33.2 Å². The molecule has 0 aromatic carbocycles. The van der Waals surface area contributed by atoms with Crippen LogP contribution in [-0.2, 0) is 0 Å². The van der Waals surface area contributed by atoms with Gasteiger partial charge in [-0.3, -0.25) is 0 Å². The van der Waals surface area contributed by atoms with Gasteiger partial charge in [-0.15, -0.1) is 0 Å². The predicted molar refractivity (Wildman–Crippen MR) is 52.2 cm³/mol. The number of nitrogens with two attached hydrogens (primary N) is 1. The van der Waals surface area contributed by atoms with Crippen LogP contribution in [0.25, 0.3) is 0 Å². The van der Waals surface area contributed by atoms with Gasteiger partial charge in [0.05, 0.1) is 0 Å². The van der Waals surface area contributed by atoms with E-state index in [0.717, 1.165) is 19.6 Å². The molecule has 3 heteroatoms. The molecule has 1 aliphatic rings. The second kappa shape index (κ2) is 4.21. The van der Waals surface area contributed by atoms with Crippen molar-refractivity contribution in [3.63, 3.8) is 0 Å². The maximum absolute atomic E-state index is 5.78. The lowest BCUT2D eigenvalue weighted by atomic mass is 9.99. The highest BCUT2D eigenvalue weighted by Gasteiger charge is 2.34. The molecule has 1 saturated heterocycles. The lowest BCUT2D eigenvalue weighted by Crippen LogP contribution is -2.53. The third-order valence-electron chi connectivity index (χ3n) is 2.69. The Hall–Kier alpha value is -0.120. The molecule has 1 fully saturated rings. The van der Waals surface area contributed by atoms with Crippen molar-refractivity contribution in [2.24, 2.45) is 5.73 Å². The lowest BCUT2D eigenvalue weighted by molar-refractivity contribution is 0.317. The number of likely N-dealkylation sites (tertiary alicyclic amines) is 1. The summed E-state index contributed by atoms with van der Waals surface area (Å²) in [5, 5.41) is 3.56. The Balaban J connectivity index is 2.41. The molecule has 1 unspecified atom stereocenters. The van der Waals surface area contributed by atoms with Crippen LogP contribution < -0.4 is 11.1 Å². The zero-order valence-corrected chi connectivity index (χ0v) is 8.27. The zero-order chi connectivity index (χ0) is 9.03. The Bertz CT molecular complexity index is 138. The Morgan fingerprint density at radius 3 is 2.75 bits per heavy atom. The summed E-state index contributed by atoms with van der Waals surface area (Å²) in [5.41, 5.74) is 6.00. The van der Waals surface area contributed by atoms with E-state index in [4.69, 9.17) is 5.73 Å². The van der Waals surface area contributed by atoms with Gasteiger partial charge in [0.25, 0.3) is 0 Å². The summed E-state index contributed by atoms with van der Waals surface area (Å²) >= 11 is 0. The normalized spacial score (nSPS) is 31.2. The SMILES string of the molecule is CCCNC1(CN)CCN(C)C1. The van der Waals surface area contributed by atoms with Crippen LogP contribution in [0.1, 0.15) is 19.8 Å². The van der Waals surface area contributed by atoms with Crippen LogP contribution in [0.5, 0.6) is 0 Å². The summed E-state index contributed by atoms with van der Waals surface area (Å²) < 4.78 is 0. The molecule has 3 N–H and O–H groups in total. The van der Waals surface area contributed by atoms with Gasteiger partial charge in [0.2, 0.25) is 0 Å². The summed E-state index contributed by atoms with van der Waals surface area (Å²) in [4.78, 5) is 2.34. The first-order valence-corrected chi connectivity index (χ1v) is 4.86. The highest BCUT2D eigenvalue weighted by Crippen LogP contribution is 2.18. The average Bonchev–Trinajstić information content (AvgIpc) is 2.45. The fourth-order valence-electron chi connectivity index (χ4n) is 1.85. The second-order valence-corrected chi connectivity index (χ2v) is 3.90. The third-order valence-corrected chi connectivity index (χ3v) is 2.69. The van der Waals surface area contributed by atoms with Crippen molar-refractivity contribution < 1.29 is 0 Å². The molecule has 72 valence electrons. The van der Waals surface area contributed by atoms with Crippen LogP contribution in [0.2, 0.25) is 0 Å². The van der Waals surface area contributed by atoms with E-state index in [1.54, 1.807) is 0 Å². The van der Waals surface area contributed by atoms with Crippen LogP contribution >= 0.6 is 0 Å². The number of nitrogens with zero attached hydrogens (tertiary/aromatic N) is 1. The van der Waals surface area contributed by atoms with E-state index in [-0.39, 0.29) is 5.54 Å². The monoisotopic (exact) mass is 171 g/mol. The van der Waals surface area contributed by atoms with Crippen LogP contribution in [0.15, 0.2) is 0 Å². The van der Waals surface area contributed by atoms with Crippen molar-refractivity contribution >= 4 is 0 Å². The molecule has 3 nitrogen and oxygen atoms in total. The Kier molecular flexibility index (Phi) is 3.50. The van der Waals surface area contributed by atoms with Crippen molar-refractivity contribution in [2.45, 2.75) is 25.3 Å². The van der Waals surface area contributed by atoms with E-state index in [2.05, 4.69) is 24.2 Å². The second-order valence-electron chi connectivity index (χ2n) is 3.90. The van der Waals surface area contributed by atoms with Gasteiger partial charge in [-0.25, -0.2) is 0 Å². The highest BCUT2D eigenvalue weighted by molar-refractivity contribution is 4.97. The Morgan fingerprint density at radius 1 is 1.58 bits per heavy atom. The molecule has 0 radical (unpaired) electrons. The highest BCUT2D eigenvalue weighted by atomic mass is 15.2. The van der Waals surface area contributed by atoms with E-state index < -0.39 is 0 Å². The Morgan fingerprint density at radius 2 is 2.33 bits per heavy atom. The van der Waals surface area contributed by atoms with Crippen LogP contribution in [0.4, 0.5) is 0 Å². The first-order valence-electron chi connectivity index (χ1n) is 4.86. The summed E-state index contributed by atoms with van der Waals surface area (Å²) in [7, 11) is 2.16. The van der Waals surface area contributed by atoms with Crippen molar-refractivity contribution in [3.05, 3.63) is 0 Å². The largest absolute Gasteiger partial charge is 0.329 e. The standard InChI is InChI=1S/C9H21N3/c1-3-5-11-9(7-10)4-6-12(2)8-9/h11H,3-8,10H2,1-2H3.